The maximum atomic E-state index is 11.1. The topological polar surface area (TPSA) is 67.8 Å². The highest BCUT2D eigenvalue weighted by atomic mass is 16.5. The summed E-state index contributed by atoms with van der Waals surface area (Å²) >= 11 is 0. The van der Waals surface area contributed by atoms with E-state index in [1.54, 1.807) is 39.3 Å². The van der Waals surface area contributed by atoms with Gasteiger partial charge in [0.15, 0.2) is 0 Å². The van der Waals surface area contributed by atoms with Crippen molar-refractivity contribution in [2.45, 2.75) is 25.9 Å². The molecule has 1 aromatic carbocycles. The van der Waals surface area contributed by atoms with Gasteiger partial charge in [-0.15, -0.1) is 0 Å². The fourth-order valence-corrected chi connectivity index (χ4v) is 1.65. The number of hydrogen-bond acceptors (Lipinski definition) is 4. The van der Waals surface area contributed by atoms with Crippen molar-refractivity contribution in [3.05, 3.63) is 23.8 Å². The summed E-state index contributed by atoms with van der Waals surface area (Å²) < 4.78 is 10.7. The number of rotatable bonds is 7. The van der Waals surface area contributed by atoms with E-state index < -0.39 is 6.10 Å². The second-order valence-electron chi connectivity index (χ2n) is 4.20. The van der Waals surface area contributed by atoms with Crippen molar-refractivity contribution in [2.75, 3.05) is 20.8 Å². The van der Waals surface area contributed by atoms with Crippen LogP contribution in [0.5, 0.6) is 11.5 Å². The molecule has 2 N–H and O–H groups in total. The molecule has 0 saturated carbocycles. The Bertz CT molecular complexity index is 418. The van der Waals surface area contributed by atoms with Crippen molar-refractivity contribution >= 4 is 5.91 Å². The molecule has 1 atom stereocenters. The van der Waals surface area contributed by atoms with E-state index in [9.17, 15) is 9.90 Å². The van der Waals surface area contributed by atoms with E-state index in [-0.39, 0.29) is 5.91 Å². The minimum Gasteiger partial charge on any atom is -0.497 e. The zero-order valence-corrected chi connectivity index (χ0v) is 11.6. The first-order chi connectivity index (χ1) is 9.08. The first-order valence-electron chi connectivity index (χ1n) is 6.28. The number of carbonyl (C=O) groups excluding carboxylic acids is 1. The minimum atomic E-state index is -0.611. The third-order valence-electron chi connectivity index (χ3n) is 2.76. The zero-order valence-electron chi connectivity index (χ0n) is 11.6. The lowest BCUT2D eigenvalue weighted by Gasteiger charge is -2.14. The molecule has 0 aromatic heterocycles. The van der Waals surface area contributed by atoms with Gasteiger partial charge >= 0.3 is 0 Å². The van der Waals surface area contributed by atoms with Gasteiger partial charge in [0.1, 0.15) is 11.5 Å². The van der Waals surface area contributed by atoms with Crippen LogP contribution in [-0.4, -0.2) is 31.8 Å². The van der Waals surface area contributed by atoms with Gasteiger partial charge in [0.2, 0.25) is 5.91 Å². The number of aliphatic hydroxyl groups is 1. The summed E-state index contributed by atoms with van der Waals surface area (Å²) in [5.74, 6) is 1.25. The average molecular weight is 267 g/mol. The lowest BCUT2D eigenvalue weighted by molar-refractivity contribution is -0.120. The molecule has 5 nitrogen and oxygen atoms in total. The van der Waals surface area contributed by atoms with Gasteiger partial charge in [-0.05, 0) is 25.5 Å². The zero-order chi connectivity index (χ0) is 14.3. The SMILES string of the molecule is CNC(=O)CCCOc1cc(OC)ccc1[C@@H](C)O. The monoisotopic (exact) mass is 267 g/mol. The number of carbonyl (C=O) groups is 1. The van der Waals surface area contributed by atoms with Gasteiger partial charge in [0.05, 0.1) is 19.8 Å². The molecule has 1 amide bonds. The van der Waals surface area contributed by atoms with E-state index in [2.05, 4.69) is 5.32 Å². The van der Waals surface area contributed by atoms with Gasteiger partial charge in [-0.2, -0.15) is 0 Å². The molecule has 106 valence electrons. The molecule has 0 aliphatic rings. The largest absolute Gasteiger partial charge is 0.497 e. The molecule has 0 heterocycles. The van der Waals surface area contributed by atoms with E-state index >= 15 is 0 Å². The minimum absolute atomic E-state index is 0.00927. The van der Waals surface area contributed by atoms with Crippen molar-refractivity contribution in [3.8, 4) is 11.5 Å². The van der Waals surface area contributed by atoms with Crippen molar-refractivity contribution < 1.29 is 19.4 Å². The number of aliphatic hydroxyl groups excluding tert-OH is 1. The van der Waals surface area contributed by atoms with Gasteiger partial charge in [0, 0.05) is 25.1 Å². The molecular formula is C14H21NO4. The lowest BCUT2D eigenvalue weighted by atomic mass is 10.1. The van der Waals surface area contributed by atoms with E-state index in [1.165, 1.54) is 0 Å². The highest BCUT2D eigenvalue weighted by Crippen LogP contribution is 2.29. The van der Waals surface area contributed by atoms with Crippen molar-refractivity contribution in [1.82, 2.24) is 5.32 Å². The Morgan fingerprint density at radius 2 is 2.21 bits per heavy atom. The van der Waals surface area contributed by atoms with Crippen LogP contribution in [0.2, 0.25) is 0 Å². The predicted octanol–water partition coefficient (Wildman–Crippen LogP) is 1.65. The molecule has 1 rings (SSSR count). The number of methoxy groups -OCH3 is 1. The van der Waals surface area contributed by atoms with Crippen LogP contribution in [0.25, 0.3) is 0 Å². The molecule has 19 heavy (non-hydrogen) atoms. The number of amides is 1. The quantitative estimate of drug-likeness (QED) is 0.737. The van der Waals surface area contributed by atoms with Crippen LogP contribution in [-0.2, 0) is 4.79 Å². The highest BCUT2D eigenvalue weighted by Gasteiger charge is 2.10. The Morgan fingerprint density at radius 1 is 1.47 bits per heavy atom. The maximum Gasteiger partial charge on any atom is 0.219 e. The molecule has 0 aliphatic heterocycles. The molecule has 0 spiro atoms. The first kappa shape index (κ1) is 15.3. The van der Waals surface area contributed by atoms with Crippen LogP contribution in [0, 0.1) is 0 Å². The van der Waals surface area contributed by atoms with Gasteiger partial charge in [0.25, 0.3) is 0 Å². The molecule has 0 aliphatic carbocycles. The summed E-state index contributed by atoms with van der Waals surface area (Å²) in [6.07, 6.45) is 0.431. The lowest BCUT2D eigenvalue weighted by Crippen LogP contribution is -2.18. The number of benzene rings is 1. The van der Waals surface area contributed by atoms with Crippen molar-refractivity contribution in [2.24, 2.45) is 0 Å². The maximum absolute atomic E-state index is 11.1. The summed E-state index contributed by atoms with van der Waals surface area (Å²) in [5.41, 5.74) is 0.709. The van der Waals surface area contributed by atoms with Crippen LogP contribution in [0.4, 0.5) is 0 Å². The van der Waals surface area contributed by atoms with Crippen LogP contribution in [0.15, 0.2) is 18.2 Å². The molecule has 0 bridgehead atoms. The smallest absolute Gasteiger partial charge is 0.219 e. The normalized spacial score (nSPS) is 11.8. The van der Waals surface area contributed by atoms with Gasteiger partial charge in [-0.3, -0.25) is 4.79 Å². The van der Waals surface area contributed by atoms with Crippen molar-refractivity contribution in [1.29, 1.82) is 0 Å². The van der Waals surface area contributed by atoms with E-state index in [4.69, 9.17) is 9.47 Å². The number of hydrogen-bond donors (Lipinski definition) is 2. The standard InChI is InChI=1S/C14H21NO4/c1-10(16)12-7-6-11(18-3)9-13(12)19-8-4-5-14(17)15-2/h6-7,9-10,16H,4-5,8H2,1-3H3,(H,15,17)/t10-/m1/s1. The molecule has 0 saturated heterocycles. The Hall–Kier alpha value is -1.75. The van der Waals surface area contributed by atoms with Crippen LogP contribution in [0.1, 0.15) is 31.4 Å². The summed E-state index contributed by atoms with van der Waals surface area (Å²) in [6.45, 7) is 2.10. The molecule has 5 heteroatoms. The average Bonchev–Trinajstić information content (AvgIpc) is 2.42. The Labute approximate surface area is 113 Å². The van der Waals surface area contributed by atoms with E-state index in [0.717, 1.165) is 0 Å². The Balaban J connectivity index is 2.62. The molecule has 0 fully saturated rings. The predicted molar refractivity (Wildman–Crippen MR) is 72.4 cm³/mol. The second kappa shape index (κ2) is 7.63. The van der Waals surface area contributed by atoms with Crippen LogP contribution >= 0.6 is 0 Å². The van der Waals surface area contributed by atoms with Gasteiger partial charge < -0.3 is 19.9 Å². The summed E-state index contributed by atoms with van der Waals surface area (Å²) in [6, 6.07) is 5.29. The van der Waals surface area contributed by atoms with E-state index in [0.29, 0.717) is 36.5 Å². The fourth-order valence-electron chi connectivity index (χ4n) is 1.65. The summed E-state index contributed by atoms with van der Waals surface area (Å²) in [4.78, 5) is 11.1. The highest BCUT2D eigenvalue weighted by molar-refractivity contribution is 5.75. The Kier molecular flexibility index (Phi) is 6.15. The first-order valence-corrected chi connectivity index (χ1v) is 6.28. The number of ether oxygens (including phenoxy) is 2. The third kappa shape index (κ3) is 4.79. The van der Waals surface area contributed by atoms with Crippen LogP contribution < -0.4 is 14.8 Å². The molecule has 0 unspecified atom stereocenters. The Morgan fingerprint density at radius 3 is 2.79 bits per heavy atom. The van der Waals surface area contributed by atoms with Crippen molar-refractivity contribution in [3.63, 3.8) is 0 Å². The molecule has 1 aromatic rings. The number of nitrogens with one attached hydrogen (secondary N) is 1. The van der Waals surface area contributed by atoms with Gasteiger partial charge in [-0.1, -0.05) is 0 Å². The second-order valence-corrected chi connectivity index (χ2v) is 4.20. The molecular weight excluding hydrogens is 246 g/mol. The summed E-state index contributed by atoms with van der Waals surface area (Å²) in [7, 11) is 3.18. The fraction of sp³-hybridized carbons (Fsp3) is 0.500. The van der Waals surface area contributed by atoms with Crippen LogP contribution in [0.3, 0.4) is 0 Å². The third-order valence-corrected chi connectivity index (χ3v) is 2.76. The van der Waals surface area contributed by atoms with Gasteiger partial charge in [-0.25, -0.2) is 0 Å². The molecule has 0 radical (unpaired) electrons. The van der Waals surface area contributed by atoms with E-state index in [1.807, 2.05) is 0 Å². The summed E-state index contributed by atoms with van der Waals surface area (Å²) in [5, 5.41) is 12.2.